The van der Waals surface area contributed by atoms with Crippen molar-refractivity contribution >= 4 is 131 Å². The molecule has 0 aliphatic rings. The zero-order valence-electron chi connectivity index (χ0n) is 2.70. The van der Waals surface area contributed by atoms with Crippen molar-refractivity contribution in [3.63, 3.8) is 0 Å². The maximum absolute atomic E-state index is 0. The minimum atomic E-state index is 0. The predicted molar refractivity (Wildman–Crippen MR) is 23.0 cm³/mol. The van der Waals surface area contributed by atoms with Gasteiger partial charge in [0.15, 0.2) is 0 Å². The summed E-state index contributed by atoms with van der Waals surface area (Å²) in [6, 6.07) is 0. The average Bonchev–Trinajstić information content (AvgIpc) is 0. The normalized spacial score (nSPS) is 0. The molecule has 0 spiro atoms. The van der Waals surface area contributed by atoms with Crippen molar-refractivity contribution in [3.8, 4) is 0 Å². The van der Waals surface area contributed by atoms with Crippen molar-refractivity contribution < 1.29 is 0 Å². The molecular weight excluding hydrogens is 147 g/mol. The van der Waals surface area contributed by atoms with Crippen LogP contribution in [-0.2, 0) is 0 Å². The summed E-state index contributed by atoms with van der Waals surface area (Å²) in [6.45, 7) is 0. The Morgan fingerprint density at radius 1 is 0.500 bits per heavy atom. The Hall–Kier alpha value is 4.31. The fourth-order valence-corrected chi connectivity index (χ4v) is 0. The molecule has 0 aromatic carbocycles. The summed E-state index contributed by atoms with van der Waals surface area (Å²) in [5, 5.41) is 0. The summed E-state index contributed by atoms with van der Waals surface area (Å²) in [5.41, 5.74) is 0. The molecule has 0 amide bonds. The van der Waals surface area contributed by atoms with Crippen molar-refractivity contribution in [3.05, 3.63) is 0 Å². The van der Waals surface area contributed by atoms with Gasteiger partial charge in [-0.3, -0.25) is 0 Å². The Kier molecular flexibility index (Phi) is 93.6. The SMILES string of the molecule is [Al+3].[Ca+2].[Ca+2].[Ca+2]. The first-order chi connectivity index (χ1) is 0. The van der Waals surface area contributed by atoms with E-state index in [-0.39, 0.29) is 131 Å². The Labute approximate surface area is 127 Å². The molecule has 4 heavy (non-hydrogen) atoms. The van der Waals surface area contributed by atoms with Crippen molar-refractivity contribution in [2.75, 3.05) is 0 Å². The summed E-state index contributed by atoms with van der Waals surface area (Å²) in [6.07, 6.45) is 0. The summed E-state index contributed by atoms with van der Waals surface area (Å²) in [5.74, 6) is 0. The summed E-state index contributed by atoms with van der Waals surface area (Å²) >= 11 is 0. The molecular formula is AlCa3+9. The Balaban J connectivity index is 0. The monoisotopic (exact) mass is 147 g/mol. The van der Waals surface area contributed by atoms with E-state index in [4.69, 9.17) is 0 Å². The van der Waals surface area contributed by atoms with E-state index in [2.05, 4.69) is 0 Å². The van der Waals surface area contributed by atoms with Gasteiger partial charge in [0.1, 0.15) is 0 Å². The largest absolute Gasteiger partial charge is 3.00 e. The first kappa shape index (κ1) is 23.9. The fourth-order valence-electron chi connectivity index (χ4n) is 0. The van der Waals surface area contributed by atoms with Gasteiger partial charge in [-0.25, -0.2) is 0 Å². The summed E-state index contributed by atoms with van der Waals surface area (Å²) < 4.78 is 0. The maximum atomic E-state index is 0. The van der Waals surface area contributed by atoms with E-state index in [1.165, 1.54) is 0 Å². The molecule has 0 bridgehead atoms. The number of hydrogen-bond acceptors (Lipinski definition) is 0. The van der Waals surface area contributed by atoms with Crippen LogP contribution >= 0.6 is 0 Å². The standard InChI is InChI=1S/Al.3Ca/q+3;3*+2. The molecule has 0 unspecified atom stereocenters. The number of rotatable bonds is 0. The Morgan fingerprint density at radius 2 is 0.500 bits per heavy atom. The van der Waals surface area contributed by atoms with Gasteiger partial charge in [0.2, 0.25) is 0 Å². The van der Waals surface area contributed by atoms with Crippen LogP contribution in [0.25, 0.3) is 0 Å². The molecule has 0 fully saturated rings. The summed E-state index contributed by atoms with van der Waals surface area (Å²) in [7, 11) is 0. The van der Waals surface area contributed by atoms with Crippen LogP contribution in [0.1, 0.15) is 0 Å². The first-order valence-electron chi connectivity index (χ1n) is 0. The van der Waals surface area contributed by atoms with Crippen LogP contribution in [0.2, 0.25) is 0 Å². The minimum absolute atomic E-state index is 0. The molecule has 0 heterocycles. The van der Waals surface area contributed by atoms with E-state index in [1.54, 1.807) is 0 Å². The van der Waals surface area contributed by atoms with Crippen molar-refractivity contribution in [2.24, 2.45) is 0 Å². The van der Waals surface area contributed by atoms with Gasteiger partial charge in [0.05, 0.1) is 0 Å². The van der Waals surface area contributed by atoms with Crippen LogP contribution in [-0.4, -0.2) is 131 Å². The van der Waals surface area contributed by atoms with E-state index < -0.39 is 0 Å². The van der Waals surface area contributed by atoms with E-state index in [0.29, 0.717) is 0 Å². The van der Waals surface area contributed by atoms with Crippen LogP contribution in [0, 0.1) is 0 Å². The minimum Gasteiger partial charge on any atom is 2.00 e. The molecule has 0 valence electrons. The van der Waals surface area contributed by atoms with Crippen LogP contribution in [0.5, 0.6) is 0 Å². The van der Waals surface area contributed by atoms with Gasteiger partial charge in [0.25, 0.3) is 0 Å². The third-order valence-electron chi connectivity index (χ3n) is 0. The van der Waals surface area contributed by atoms with Gasteiger partial charge in [-0.05, 0) is 0 Å². The second-order valence-corrected chi connectivity index (χ2v) is 0. The predicted octanol–water partition coefficient (Wildman–Crippen LogP) is -1.52. The van der Waals surface area contributed by atoms with Crippen molar-refractivity contribution in [1.29, 1.82) is 0 Å². The van der Waals surface area contributed by atoms with Gasteiger partial charge in [-0.1, -0.05) is 0 Å². The second kappa shape index (κ2) is 15.7. The van der Waals surface area contributed by atoms with Crippen LogP contribution in [0.3, 0.4) is 0 Å². The molecule has 0 aliphatic carbocycles. The van der Waals surface area contributed by atoms with Gasteiger partial charge in [0, 0.05) is 0 Å². The molecule has 0 aliphatic heterocycles. The van der Waals surface area contributed by atoms with Gasteiger partial charge < -0.3 is 0 Å². The molecule has 0 saturated carbocycles. The van der Waals surface area contributed by atoms with E-state index in [1.807, 2.05) is 0 Å². The third-order valence-corrected chi connectivity index (χ3v) is 0. The van der Waals surface area contributed by atoms with Crippen molar-refractivity contribution in [1.82, 2.24) is 0 Å². The first-order valence-corrected chi connectivity index (χ1v) is 0. The number of hydrogen-bond donors (Lipinski definition) is 0. The zero-order valence-corrected chi connectivity index (χ0v) is 10.5. The maximum Gasteiger partial charge on any atom is 3.00 e. The molecule has 0 radical (unpaired) electrons. The topological polar surface area (TPSA) is 0 Å². The van der Waals surface area contributed by atoms with Gasteiger partial charge >= 0.3 is 131 Å². The second-order valence-electron chi connectivity index (χ2n) is 0. The zero-order chi connectivity index (χ0) is 0. The Bertz CT molecular complexity index is 3.25. The molecule has 0 atom stereocenters. The summed E-state index contributed by atoms with van der Waals surface area (Å²) in [4.78, 5) is 0. The van der Waals surface area contributed by atoms with Gasteiger partial charge in [-0.2, -0.15) is 0 Å². The molecule has 0 saturated heterocycles. The molecule has 0 aromatic heterocycles. The third kappa shape index (κ3) is 9.58. The van der Waals surface area contributed by atoms with E-state index >= 15 is 0 Å². The average molecular weight is 147 g/mol. The molecule has 0 rings (SSSR count). The smallest absolute Gasteiger partial charge is 2.00 e. The van der Waals surface area contributed by atoms with E-state index in [9.17, 15) is 0 Å². The van der Waals surface area contributed by atoms with Crippen molar-refractivity contribution in [2.45, 2.75) is 0 Å². The quantitative estimate of drug-likeness (QED) is 0.365. The molecule has 4 heteroatoms. The Morgan fingerprint density at radius 3 is 0.500 bits per heavy atom. The fraction of sp³-hybridized carbons (Fsp3) is 0. The molecule has 0 aromatic rings. The van der Waals surface area contributed by atoms with Crippen LogP contribution in [0.4, 0.5) is 0 Å². The van der Waals surface area contributed by atoms with E-state index in [0.717, 1.165) is 0 Å². The molecule has 0 N–H and O–H groups in total. The van der Waals surface area contributed by atoms with Crippen LogP contribution in [0.15, 0.2) is 0 Å². The van der Waals surface area contributed by atoms with Crippen LogP contribution < -0.4 is 0 Å². The van der Waals surface area contributed by atoms with Gasteiger partial charge in [-0.15, -0.1) is 0 Å². The molecule has 0 nitrogen and oxygen atoms in total.